The van der Waals surface area contributed by atoms with Gasteiger partial charge in [0.05, 0.1) is 5.92 Å². The van der Waals surface area contributed by atoms with Crippen molar-refractivity contribution in [2.75, 3.05) is 6.54 Å². The van der Waals surface area contributed by atoms with Crippen LogP contribution in [0.5, 0.6) is 0 Å². The van der Waals surface area contributed by atoms with Gasteiger partial charge in [-0.3, -0.25) is 9.69 Å². The number of carbonyl (C=O) groups is 1. The number of aliphatic carboxylic acids is 1. The molecule has 0 saturated heterocycles. The monoisotopic (exact) mass is 287 g/mol. The Hall–Kier alpha value is -1.35. The van der Waals surface area contributed by atoms with Crippen molar-refractivity contribution < 1.29 is 9.90 Å². The third-order valence-electron chi connectivity index (χ3n) is 5.11. The van der Waals surface area contributed by atoms with Crippen molar-refractivity contribution in [3.63, 3.8) is 0 Å². The lowest BCUT2D eigenvalue weighted by Gasteiger charge is -2.39. The van der Waals surface area contributed by atoms with Gasteiger partial charge < -0.3 is 5.11 Å². The summed E-state index contributed by atoms with van der Waals surface area (Å²) in [7, 11) is 0. The Balaban J connectivity index is 1.80. The van der Waals surface area contributed by atoms with Crippen molar-refractivity contribution >= 4 is 5.97 Å². The zero-order chi connectivity index (χ0) is 14.7. The van der Waals surface area contributed by atoms with Gasteiger partial charge in [-0.25, -0.2) is 0 Å². The van der Waals surface area contributed by atoms with Crippen molar-refractivity contribution in [1.29, 1.82) is 0 Å². The highest BCUT2D eigenvalue weighted by Gasteiger charge is 2.33. The smallest absolute Gasteiger partial charge is 0.312 e. The van der Waals surface area contributed by atoms with E-state index in [1.54, 1.807) is 0 Å². The molecule has 0 spiro atoms. The number of hydrogen-bond acceptors (Lipinski definition) is 2. The van der Waals surface area contributed by atoms with Gasteiger partial charge in [0, 0.05) is 19.1 Å². The minimum atomic E-state index is -0.682. The van der Waals surface area contributed by atoms with E-state index in [-0.39, 0.29) is 5.92 Å². The van der Waals surface area contributed by atoms with Crippen LogP contribution in [0.4, 0.5) is 0 Å². The van der Waals surface area contributed by atoms with Crippen molar-refractivity contribution in [3.05, 3.63) is 35.4 Å². The molecule has 0 radical (unpaired) electrons. The maximum atomic E-state index is 11.6. The number of carboxylic acids is 1. The van der Waals surface area contributed by atoms with Crippen LogP contribution in [0.3, 0.4) is 0 Å². The van der Waals surface area contributed by atoms with Crippen molar-refractivity contribution in [2.24, 2.45) is 0 Å². The molecule has 3 rings (SSSR count). The Labute approximate surface area is 127 Å². The highest BCUT2D eigenvalue weighted by Crippen LogP contribution is 2.32. The molecule has 0 bridgehead atoms. The lowest BCUT2D eigenvalue weighted by Crippen LogP contribution is -2.43. The number of fused-ring (bicyclic) bond motifs is 1. The van der Waals surface area contributed by atoms with Crippen molar-refractivity contribution in [1.82, 2.24) is 4.90 Å². The summed E-state index contributed by atoms with van der Waals surface area (Å²) in [6.45, 7) is 1.60. The van der Waals surface area contributed by atoms with E-state index in [2.05, 4.69) is 11.0 Å². The van der Waals surface area contributed by atoms with E-state index in [1.807, 2.05) is 18.2 Å². The van der Waals surface area contributed by atoms with Crippen molar-refractivity contribution in [2.45, 2.75) is 63.5 Å². The Kier molecular flexibility index (Phi) is 4.59. The summed E-state index contributed by atoms with van der Waals surface area (Å²) in [5.74, 6) is -1.04. The number of hydrogen-bond donors (Lipinski definition) is 1. The molecule has 1 N–H and O–H groups in total. The maximum absolute atomic E-state index is 11.6. The van der Waals surface area contributed by atoms with Gasteiger partial charge in [0.2, 0.25) is 0 Å². The van der Waals surface area contributed by atoms with Crippen LogP contribution in [-0.4, -0.2) is 28.6 Å². The van der Waals surface area contributed by atoms with Gasteiger partial charge in [0.25, 0.3) is 0 Å². The molecule has 1 aliphatic heterocycles. The Bertz CT molecular complexity index is 492. The third-order valence-corrected chi connectivity index (χ3v) is 5.11. The van der Waals surface area contributed by atoms with Crippen LogP contribution in [0.1, 0.15) is 62.0 Å². The summed E-state index contributed by atoms with van der Waals surface area (Å²) in [5, 5.41) is 9.58. The molecule has 1 atom stereocenters. The molecule has 21 heavy (non-hydrogen) atoms. The van der Waals surface area contributed by atoms with Gasteiger partial charge in [0.15, 0.2) is 0 Å². The van der Waals surface area contributed by atoms with Crippen LogP contribution < -0.4 is 0 Å². The molecule has 2 aliphatic rings. The Morgan fingerprint density at radius 3 is 2.43 bits per heavy atom. The lowest BCUT2D eigenvalue weighted by atomic mass is 9.87. The molecule has 1 heterocycles. The average Bonchev–Trinajstić information content (AvgIpc) is 2.45. The first-order valence-electron chi connectivity index (χ1n) is 8.30. The number of carboxylic acid groups (broad SMARTS) is 1. The van der Waals surface area contributed by atoms with Crippen LogP contribution in [-0.2, 0) is 11.3 Å². The fourth-order valence-corrected chi connectivity index (χ4v) is 3.92. The van der Waals surface area contributed by atoms with E-state index in [1.165, 1.54) is 50.5 Å². The zero-order valence-corrected chi connectivity index (χ0v) is 12.6. The molecule has 1 fully saturated rings. The lowest BCUT2D eigenvalue weighted by molar-refractivity contribution is -0.139. The molecule has 0 amide bonds. The number of benzene rings is 1. The van der Waals surface area contributed by atoms with Crippen LogP contribution in [0.15, 0.2) is 24.3 Å². The molecule has 1 saturated carbocycles. The van der Waals surface area contributed by atoms with E-state index < -0.39 is 5.97 Å². The minimum absolute atomic E-state index is 0.361. The average molecular weight is 287 g/mol. The molecule has 3 heteroatoms. The highest BCUT2D eigenvalue weighted by molar-refractivity contribution is 5.77. The summed E-state index contributed by atoms with van der Waals surface area (Å²) < 4.78 is 0. The van der Waals surface area contributed by atoms with Crippen LogP contribution in [0.2, 0.25) is 0 Å². The predicted molar refractivity (Wildman–Crippen MR) is 83.3 cm³/mol. The van der Waals surface area contributed by atoms with Crippen LogP contribution >= 0.6 is 0 Å². The van der Waals surface area contributed by atoms with Crippen LogP contribution in [0.25, 0.3) is 0 Å². The quantitative estimate of drug-likeness (QED) is 0.900. The molecular formula is C18H25NO2. The SMILES string of the molecule is O=C(O)C1CN(C2CCCCCCC2)Cc2ccccc21. The number of rotatable bonds is 2. The molecule has 0 aromatic heterocycles. The fraction of sp³-hybridized carbons (Fsp3) is 0.611. The normalized spacial score (nSPS) is 24.9. The van der Waals surface area contributed by atoms with Gasteiger partial charge in [-0.05, 0) is 24.0 Å². The topological polar surface area (TPSA) is 40.5 Å². The maximum Gasteiger partial charge on any atom is 0.312 e. The second-order valence-corrected chi connectivity index (χ2v) is 6.52. The molecule has 114 valence electrons. The molecular weight excluding hydrogens is 262 g/mol. The summed E-state index contributed by atoms with van der Waals surface area (Å²) in [6, 6.07) is 8.64. The number of nitrogens with zero attached hydrogens (tertiary/aromatic N) is 1. The van der Waals surface area contributed by atoms with E-state index in [4.69, 9.17) is 0 Å². The Morgan fingerprint density at radius 1 is 1.05 bits per heavy atom. The van der Waals surface area contributed by atoms with Gasteiger partial charge in [-0.15, -0.1) is 0 Å². The summed E-state index contributed by atoms with van der Waals surface area (Å²) >= 11 is 0. The first-order chi connectivity index (χ1) is 10.3. The minimum Gasteiger partial charge on any atom is -0.481 e. The van der Waals surface area contributed by atoms with Gasteiger partial charge >= 0.3 is 5.97 Å². The summed E-state index contributed by atoms with van der Waals surface area (Å²) in [6.07, 6.45) is 9.09. The molecule has 1 unspecified atom stereocenters. The highest BCUT2D eigenvalue weighted by atomic mass is 16.4. The van der Waals surface area contributed by atoms with E-state index in [0.717, 1.165) is 12.1 Å². The third kappa shape index (κ3) is 3.29. The molecule has 1 aliphatic carbocycles. The zero-order valence-electron chi connectivity index (χ0n) is 12.6. The van der Waals surface area contributed by atoms with Gasteiger partial charge in [-0.1, -0.05) is 56.4 Å². The van der Waals surface area contributed by atoms with Crippen LogP contribution in [0, 0.1) is 0 Å². The molecule has 1 aromatic carbocycles. The summed E-state index contributed by atoms with van der Waals surface area (Å²) in [4.78, 5) is 14.1. The molecule has 3 nitrogen and oxygen atoms in total. The van der Waals surface area contributed by atoms with Gasteiger partial charge in [0.1, 0.15) is 0 Å². The van der Waals surface area contributed by atoms with Crippen molar-refractivity contribution in [3.8, 4) is 0 Å². The van der Waals surface area contributed by atoms with Gasteiger partial charge in [-0.2, -0.15) is 0 Å². The first-order valence-corrected chi connectivity index (χ1v) is 8.30. The fourth-order valence-electron chi connectivity index (χ4n) is 3.92. The standard InChI is InChI=1S/C18H25NO2/c20-18(21)17-13-19(12-14-8-6-7-11-16(14)17)15-9-4-2-1-3-5-10-15/h6-8,11,15,17H,1-5,9-10,12-13H2,(H,20,21). The Morgan fingerprint density at radius 2 is 1.71 bits per heavy atom. The van der Waals surface area contributed by atoms with E-state index >= 15 is 0 Å². The summed E-state index contributed by atoms with van der Waals surface area (Å²) in [5.41, 5.74) is 2.23. The van der Waals surface area contributed by atoms with E-state index in [9.17, 15) is 9.90 Å². The molecule has 1 aromatic rings. The first kappa shape index (κ1) is 14.6. The second-order valence-electron chi connectivity index (χ2n) is 6.52. The van der Waals surface area contributed by atoms with E-state index in [0.29, 0.717) is 12.6 Å². The predicted octanol–water partition coefficient (Wildman–Crippen LogP) is 3.78. The second kappa shape index (κ2) is 6.61. The largest absolute Gasteiger partial charge is 0.481 e.